The SMILES string of the molecule is COc1ccccc1NS(=O)(=O)c1cc(NC(=O)C=Cc2cccc(Br)c2)ccc1N1CCOCC1. The Labute approximate surface area is 219 Å². The minimum Gasteiger partial charge on any atom is -0.495 e. The van der Waals surface area contributed by atoms with E-state index in [0.717, 1.165) is 10.0 Å². The minimum atomic E-state index is -4.03. The lowest BCUT2D eigenvalue weighted by Gasteiger charge is -2.30. The highest BCUT2D eigenvalue weighted by molar-refractivity contribution is 9.10. The normalized spacial score (nSPS) is 14.0. The average Bonchev–Trinajstić information content (AvgIpc) is 2.88. The molecule has 1 fully saturated rings. The predicted molar refractivity (Wildman–Crippen MR) is 145 cm³/mol. The highest BCUT2D eigenvalue weighted by Gasteiger charge is 2.25. The van der Waals surface area contributed by atoms with E-state index >= 15 is 0 Å². The maximum Gasteiger partial charge on any atom is 0.264 e. The zero-order chi connectivity index (χ0) is 25.5. The van der Waals surface area contributed by atoms with Gasteiger partial charge in [0.25, 0.3) is 10.0 Å². The van der Waals surface area contributed by atoms with Crippen LogP contribution in [-0.4, -0.2) is 47.7 Å². The zero-order valence-electron chi connectivity index (χ0n) is 19.6. The molecule has 1 amide bonds. The van der Waals surface area contributed by atoms with Crippen molar-refractivity contribution in [3.05, 3.63) is 82.8 Å². The molecule has 3 aromatic carbocycles. The van der Waals surface area contributed by atoms with Crippen LogP contribution in [-0.2, 0) is 19.6 Å². The molecule has 0 saturated carbocycles. The number of anilines is 3. The smallest absolute Gasteiger partial charge is 0.264 e. The Bertz CT molecular complexity index is 1370. The first-order valence-corrected chi connectivity index (χ1v) is 13.5. The van der Waals surface area contributed by atoms with Gasteiger partial charge in [-0.1, -0.05) is 40.2 Å². The third-order valence-corrected chi connectivity index (χ3v) is 7.38. The van der Waals surface area contributed by atoms with Crippen LogP contribution in [0.2, 0.25) is 0 Å². The fourth-order valence-electron chi connectivity index (χ4n) is 3.77. The fourth-order valence-corrected chi connectivity index (χ4v) is 5.51. The van der Waals surface area contributed by atoms with E-state index < -0.39 is 10.0 Å². The molecule has 0 aliphatic carbocycles. The number of nitrogens with one attached hydrogen (secondary N) is 2. The van der Waals surface area contributed by atoms with Gasteiger partial charge in [0.2, 0.25) is 5.91 Å². The summed E-state index contributed by atoms with van der Waals surface area (Å²) in [6, 6.07) is 19.2. The Morgan fingerprint density at radius 3 is 2.58 bits per heavy atom. The monoisotopic (exact) mass is 571 g/mol. The molecule has 0 spiro atoms. The van der Waals surface area contributed by atoms with Crippen LogP contribution in [0.3, 0.4) is 0 Å². The van der Waals surface area contributed by atoms with E-state index in [1.54, 1.807) is 42.5 Å². The Hall–Kier alpha value is -3.34. The van der Waals surface area contributed by atoms with Crippen LogP contribution in [0.4, 0.5) is 17.1 Å². The zero-order valence-corrected chi connectivity index (χ0v) is 22.0. The molecule has 3 aromatic rings. The summed E-state index contributed by atoms with van der Waals surface area (Å²) in [5.41, 5.74) is 2.06. The maximum absolute atomic E-state index is 13.6. The quantitative estimate of drug-likeness (QED) is 0.379. The predicted octanol–water partition coefficient (Wildman–Crippen LogP) is 4.75. The Morgan fingerprint density at radius 2 is 1.83 bits per heavy atom. The number of morpholine rings is 1. The van der Waals surface area contributed by atoms with Gasteiger partial charge in [0.05, 0.1) is 31.7 Å². The van der Waals surface area contributed by atoms with Gasteiger partial charge in [-0.3, -0.25) is 9.52 Å². The second kappa shape index (κ2) is 11.6. The van der Waals surface area contributed by atoms with Crippen LogP contribution in [0, 0.1) is 0 Å². The van der Waals surface area contributed by atoms with E-state index in [1.165, 1.54) is 19.3 Å². The number of nitrogens with zero attached hydrogens (tertiary/aromatic N) is 1. The van der Waals surface area contributed by atoms with Crippen molar-refractivity contribution in [2.45, 2.75) is 4.90 Å². The molecule has 1 aliphatic rings. The van der Waals surface area contributed by atoms with Crippen molar-refractivity contribution < 1.29 is 22.7 Å². The number of hydrogen-bond donors (Lipinski definition) is 2. The molecule has 0 unspecified atom stereocenters. The molecule has 10 heteroatoms. The van der Waals surface area contributed by atoms with E-state index in [1.807, 2.05) is 29.2 Å². The van der Waals surface area contributed by atoms with Crippen molar-refractivity contribution in [2.75, 3.05) is 48.4 Å². The molecule has 1 heterocycles. The van der Waals surface area contributed by atoms with Crippen LogP contribution in [0.1, 0.15) is 5.56 Å². The summed E-state index contributed by atoms with van der Waals surface area (Å²) in [6.07, 6.45) is 3.09. The van der Waals surface area contributed by atoms with Gasteiger partial charge in [-0.2, -0.15) is 0 Å². The van der Waals surface area contributed by atoms with Crippen LogP contribution in [0.5, 0.6) is 5.75 Å². The van der Waals surface area contributed by atoms with Crippen molar-refractivity contribution in [2.24, 2.45) is 0 Å². The second-order valence-corrected chi connectivity index (χ2v) is 10.5. The van der Waals surface area contributed by atoms with Gasteiger partial charge < -0.3 is 19.7 Å². The minimum absolute atomic E-state index is 0.0454. The summed E-state index contributed by atoms with van der Waals surface area (Å²) < 4.78 is 41.4. The summed E-state index contributed by atoms with van der Waals surface area (Å²) in [7, 11) is -2.55. The first kappa shape index (κ1) is 25.7. The molecular weight excluding hydrogens is 546 g/mol. The number of carbonyl (C=O) groups excluding carboxylic acids is 1. The van der Waals surface area contributed by atoms with Gasteiger partial charge in [0.15, 0.2) is 0 Å². The molecule has 0 radical (unpaired) electrons. The molecule has 36 heavy (non-hydrogen) atoms. The Balaban J connectivity index is 1.63. The number of ether oxygens (including phenoxy) is 2. The molecular formula is C26H26BrN3O5S. The van der Waals surface area contributed by atoms with Gasteiger partial charge >= 0.3 is 0 Å². The molecule has 0 bridgehead atoms. The topological polar surface area (TPSA) is 97.0 Å². The van der Waals surface area contributed by atoms with Crippen molar-refractivity contribution >= 4 is 55.0 Å². The molecule has 8 nitrogen and oxygen atoms in total. The number of benzene rings is 3. The molecule has 1 aliphatic heterocycles. The summed E-state index contributed by atoms with van der Waals surface area (Å²) in [5.74, 6) is 0.0197. The summed E-state index contributed by atoms with van der Waals surface area (Å²) in [5, 5.41) is 2.76. The number of amides is 1. The lowest BCUT2D eigenvalue weighted by Crippen LogP contribution is -2.37. The third-order valence-electron chi connectivity index (χ3n) is 5.50. The standard InChI is InChI=1S/C26H26BrN3O5S/c1-34-24-8-3-2-7-22(24)29-36(32,33)25-18-21(10-11-23(25)30-13-15-35-16-14-30)28-26(31)12-9-19-5-4-6-20(27)17-19/h2-12,17-18,29H,13-16H2,1H3,(H,28,31). The lowest BCUT2D eigenvalue weighted by atomic mass is 10.2. The first-order valence-electron chi connectivity index (χ1n) is 11.2. The molecule has 1 saturated heterocycles. The van der Waals surface area contributed by atoms with Gasteiger partial charge in [-0.15, -0.1) is 0 Å². The number of para-hydroxylation sites is 2. The van der Waals surface area contributed by atoms with E-state index in [0.29, 0.717) is 49.1 Å². The largest absolute Gasteiger partial charge is 0.495 e. The van der Waals surface area contributed by atoms with Gasteiger partial charge in [0.1, 0.15) is 10.6 Å². The lowest BCUT2D eigenvalue weighted by molar-refractivity contribution is -0.111. The molecule has 4 rings (SSSR count). The summed E-state index contributed by atoms with van der Waals surface area (Å²) >= 11 is 3.40. The van der Waals surface area contributed by atoms with E-state index in [-0.39, 0.29) is 10.8 Å². The molecule has 0 aromatic heterocycles. The van der Waals surface area contributed by atoms with Gasteiger partial charge in [0, 0.05) is 29.3 Å². The maximum atomic E-state index is 13.6. The highest BCUT2D eigenvalue weighted by atomic mass is 79.9. The summed E-state index contributed by atoms with van der Waals surface area (Å²) in [6.45, 7) is 2.10. The third kappa shape index (κ3) is 6.45. The molecule has 0 atom stereocenters. The van der Waals surface area contributed by atoms with E-state index in [2.05, 4.69) is 26.0 Å². The van der Waals surface area contributed by atoms with Crippen LogP contribution in [0.25, 0.3) is 6.08 Å². The van der Waals surface area contributed by atoms with Crippen molar-refractivity contribution in [1.82, 2.24) is 0 Å². The van der Waals surface area contributed by atoms with Crippen molar-refractivity contribution in [1.29, 1.82) is 0 Å². The number of carbonyl (C=O) groups is 1. The van der Waals surface area contributed by atoms with Crippen LogP contribution >= 0.6 is 15.9 Å². The Morgan fingerprint density at radius 1 is 1.06 bits per heavy atom. The molecule has 188 valence electrons. The second-order valence-electron chi connectivity index (χ2n) is 7.97. The fraction of sp³-hybridized carbons (Fsp3) is 0.192. The molecule has 2 N–H and O–H groups in total. The van der Waals surface area contributed by atoms with Gasteiger partial charge in [-0.25, -0.2) is 8.42 Å². The number of sulfonamides is 1. The average molecular weight is 572 g/mol. The van der Waals surface area contributed by atoms with E-state index in [9.17, 15) is 13.2 Å². The van der Waals surface area contributed by atoms with Crippen molar-refractivity contribution in [3.63, 3.8) is 0 Å². The summed E-state index contributed by atoms with van der Waals surface area (Å²) in [4.78, 5) is 14.6. The number of rotatable bonds is 8. The Kier molecular flexibility index (Phi) is 8.29. The first-order chi connectivity index (χ1) is 17.4. The highest BCUT2D eigenvalue weighted by Crippen LogP contribution is 2.33. The van der Waals surface area contributed by atoms with E-state index in [4.69, 9.17) is 9.47 Å². The van der Waals surface area contributed by atoms with Crippen LogP contribution < -0.4 is 19.7 Å². The van der Waals surface area contributed by atoms with Gasteiger partial charge in [-0.05, 0) is 54.1 Å². The number of halogens is 1. The number of hydrogen-bond acceptors (Lipinski definition) is 6. The number of methoxy groups -OCH3 is 1. The van der Waals surface area contributed by atoms with Crippen LogP contribution in [0.15, 0.2) is 82.2 Å². The van der Waals surface area contributed by atoms with Crippen molar-refractivity contribution in [3.8, 4) is 5.75 Å².